The maximum atomic E-state index is 12.1. The fourth-order valence-corrected chi connectivity index (χ4v) is 2.88. The van der Waals surface area contributed by atoms with E-state index in [2.05, 4.69) is 24.4 Å². The normalized spacial score (nSPS) is 12.0. The Labute approximate surface area is 160 Å². The molecule has 0 atom stereocenters. The van der Waals surface area contributed by atoms with Crippen molar-refractivity contribution in [3.05, 3.63) is 53.6 Å². The van der Waals surface area contributed by atoms with E-state index in [1.807, 2.05) is 30.3 Å². The highest BCUT2D eigenvalue weighted by atomic mass is 16.7. The average Bonchev–Trinajstić information content (AvgIpc) is 3.16. The number of carbonyl (C=O) groups is 1. The molecule has 0 aromatic heterocycles. The SMILES string of the molecule is CCCCOc1ccc(CCNC(=O)CCc2ccc3c(c2)OCO3)cc1. The minimum absolute atomic E-state index is 0.0622. The highest BCUT2D eigenvalue weighted by Gasteiger charge is 2.13. The van der Waals surface area contributed by atoms with Gasteiger partial charge in [-0.1, -0.05) is 31.5 Å². The number of nitrogens with one attached hydrogen (secondary N) is 1. The van der Waals surface area contributed by atoms with E-state index in [0.717, 1.165) is 48.7 Å². The van der Waals surface area contributed by atoms with Crippen LogP contribution in [0.1, 0.15) is 37.3 Å². The standard InChI is InChI=1S/C22H27NO4/c1-2-3-14-25-19-8-4-17(5-9-19)12-13-23-22(24)11-7-18-6-10-20-21(15-18)27-16-26-20/h4-6,8-10,15H,2-3,7,11-14,16H2,1H3,(H,23,24). The molecular formula is C22H27NO4. The van der Waals surface area contributed by atoms with Gasteiger partial charge in [-0.05, 0) is 54.7 Å². The first-order chi connectivity index (χ1) is 13.2. The quantitative estimate of drug-likeness (QED) is 0.646. The van der Waals surface area contributed by atoms with E-state index in [-0.39, 0.29) is 12.7 Å². The van der Waals surface area contributed by atoms with Gasteiger partial charge in [0.25, 0.3) is 0 Å². The summed E-state index contributed by atoms with van der Waals surface area (Å²) in [6.45, 7) is 3.81. The van der Waals surface area contributed by atoms with E-state index in [0.29, 0.717) is 19.4 Å². The summed E-state index contributed by atoms with van der Waals surface area (Å²) < 4.78 is 16.3. The highest BCUT2D eigenvalue weighted by Crippen LogP contribution is 2.32. The lowest BCUT2D eigenvalue weighted by molar-refractivity contribution is -0.121. The van der Waals surface area contributed by atoms with Gasteiger partial charge < -0.3 is 19.5 Å². The largest absolute Gasteiger partial charge is 0.494 e. The van der Waals surface area contributed by atoms with Crippen molar-refractivity contribution in [2.75, 3.05) is 19.9 Å². The molecule has 144 valence electrons. The van der Waals surface area contributed by atoms with Crippen molar-refractivity contribution in [1.82, 2.24) is 5.32 Å². The summed E-state index contributed by atoms with van der Waals surface area (Å²) in [6.07, 6.45) is 4.16. The van der Waals surface area contributed by atoms with Gasteiger partial charge in [-0.25, -0.2) is 0 Å². The van der Waals surface area contributed by atoms with Crippen LogP contribution >= 0.6 is 0 Å². The van der Waals surface area contributed by atoms with Crippen molar-refractivity contribution >= 4 is 5.91 Å². The first-order valence-electron chi connectivity index (χ1n) is 9.61. The van der Waals surface area contributed by atoms with Gasteiger partial charge in [0.05, 0.1) is 6.61 Å². The Kier molecular flexibility index (Phi) is 6.97. The summed E-state index contributed by atoms with van der Waals surface area (Å²) in [5.41, 5.74) is 2.27. The van der Waals surface area contributed by atoms with E-state index in [1.54, 1.807) is 0 Å². The third-order valence-electron chi connectivity index (χ3n) is 4.50. The molecule has 1 N–H and O–H groups in total. The van der Waals surface area contributed by atoms with Crippen LogP contribution in [0.4, 0.5) is 0 Å². The van der Waals surface area contributed by atoms with Crippen LogP contribution in [0.15, 0.2) is 42.5 Å². The van der Waals surface area contributed by atoms with Gasteiger partial charge in [0.15, 0.2) is 11.5 Å². The van der Waals surface area contributed by atoms with Crippen LogP contribution in [-0.2, 0) is 17.6 Å². The third kappa shape index (κ3) is 5.91. The van der Waals surface area contributed by atoms with Gasteiger partial charge in [-0.15, -0.1) is 0 Å². The summed E-state index contributed by atoms with van der Waals surface area (Å²) in [5.74, 6) is 2.49. The molecule has 27 heavy (non-hydrogen) atoms. The van der Waals surface area contributed by atoms with Gasteiger partial charge in [0.1, 0.15) is 5.75 Å². The topological polar surface area (TPSA) is 56.8 Å². The minimum atomic E-state index is 0.0622. The minimum Gasteiger partial charge on any atom is -0.494 e. The number of rotatable bonds is 10. The van der Waals surface area contributed by atoms with Gasteiger partial charge >= 0.3 is 0 Å². The predicted molar refractivity (Wildman–Crippen MR) is 104 cm³/mol. The lowest BCUT2D eigenvalue weighted by Crippen LogP contribution is -2.25. The average molecular weight is 369 g/mol. The Morgan fingerprint density at radius 3 is 2.63 bits per heavy atom. The molecule has 3 rings (SSSR count). The van der Waals surface area contributed by atoms with Crippen molar-refractivity contribution in [3.8, 4) is 17.2 Å². The molecule has 5 nitrogen and oxygen atoms in total. The lowest BCUT2D eigenvalue weighted by Gasteiger charge is -2.08. The van der Waals surface area contributed by atoms with Gasteiger partial charge in [-0.3, -0.25) is 4.79 Å². The van der Waals surface area contributed by atoms with Crippen molar-refractivity contribution in [1.29, 1.82) is 0 Å². The first kappa shape index (κ1) is 19.1. The van der Waals surface area contributed by atoms with Crippen molar-refractivity contribution in [2.45, 2.75) is 39.0 Å². The van der Waals surface area contributed by atoms with Crippen LogP contribution in [-0.4, -0.2) is 25.9 Å². The van der Waals surface area contributed by atoms with E-state index < -0.39 is 0 Å². The molecule has 5 heteroatoms. The second kappa shape index (κ2) is 9.86. The summed E-state index contributed by atoms with van der Waals surface area (Å²) in [6, 6.07) is 13.9. The Morgan fingerprint density at radius 1 is 1.04 bits per heavy atom. The Bertz CT molecular complexity index is 742. The van der Waals surface area contributed by atoms with E-state index in [1.165, 1.54) is 5.56 Å². The van der Waals surface area contributed by atoms with Crippen LogP contribution in [0.25, 0.3) is 0 Å². The van der Waals surface area contributed by atoms with Crippen LogP contribution in [0.5, 0.6) is 17.2 Å². The molecule has 1 heterocycles. The zero-order valence-electron chi connectivity index (χ0n) is 15.8. The zero-order valence-corrected chi connectivity index (χ0v) is 15.8. The molecule has 0 saturated heterocycles. The Morgan fingerprint density at radius 2 is 1.81 bits per heavy atom. The molecule has 0 spiro atoms. The fourth-order valence-electron chi connectivity index (χ4n) is 2.88. The number of hydrogen-bond donors (Lipinski definition) is 1. The molecule has 2 aromatic rings. The predicted octanol–water partition coefficient (Wildman–Crippen LogP) is 3.89. The number of amides is 1. The summed E-state index contributed by atoms with van der Waals surface area (Å²) >= 11 is 0. The summed E-state index contributed by atoms with van der Waals surface area (Å²) in [5, 5.41) is 2.98. The maximum Gasteiger partial charge on any atom is 0.231 e. The maximum absolute atomic E-state index is 12.1. The van der Waals surface area contributed by atoms with Gasteiger partial charge in [0.2, 0.25) is 12.7 Å². The molecule has 1 aliphatic rings. The fraction of sp³-hybridized carbons (Fsp3) is 0.409. The van der Waals surface area contributed by atoms with Gasteiger partial charge in [0, 0.05) is 13.0 Å². The van der Waals surface area contributed by atoms with E-state index in [4.69, 9.17) is 14.2 Å². The summed E-state index contributed by atoms with van der Waals surface area (Å²) in [4.78, 5) is 12.1. The smallest absolute Gasteiger partial charge is 0.231 e. The molecule has 1 amide bonds. The van der Waals surface area contributed by atoms with E-state index >= 15 is 0 Å². The molecule has 0 saturated carbocycles. The second-order valence-corrected chi connectivity index (χ2v) is 6.63. The first-order valence-corrected chi connectivity index (χ1v) is 9.61. The molecule has 0 bridgehead atoms. The molecular weight excluding hydrogens is 342 g/mol. The number of benzene rings is 2. The molecule has 0 radical (unpaired) electrons. The lowest BCUT2D eigenvalue weighted by atomic mass is 10.1. The van der Waals surface area contributed by atoms with Crippen molar-refractivity contribution in [2.24, 2.45) is 0 Å². The van der Waals surface area contributed by atoms with Crippen LogP contribution in [0, 0.1) is 0 Å². The highest BCUT2D eigenvalue weighted by molar-refractivity contribution is 5.76. The monoisotopic (exact) mass is 369 g/mol. The number of aryl methyl sites for hydroxylation is 1. The van der Waals surface area contributed by atoms with Crippen molar-refractivity contribution < 1.29 is 19.0 Å². The number of unbranched alkanes of at least 4 members (excludes halogenated alkanes) is 1. The molecule has 2 aromatic carbocycles. The number of fused-ring (bicyclic) bond motifs is 1. The Balaban J connectivity index is 1.34. The van der Waals surface area contributed by atoms with Crippen LogP contribution in [0.3, 0.4) is 0 Å². The molecule has 1 aliphatic heterocycles. The number of ether oxygens (including phenoxy) is 3. The molecule has 0 fully saturated rings. The number of hydrogen-bond acceptors (Lipinski definition) is 4. The van der Waals surface area contributed by atoms with Gasteiger partial charge in [-0.2, -0.15) is 0 Å². The summed E-state index contributed by atoms with van der Waals surface area (Å²) in [7, 11) is 0. The zero-order chi connectivity index (χ0) is 18.9. The third-order valence-corrected chi connectivity index (χ3v) is 4.50. The van der Waals surface area contributed by atoms with E-state index in [9.17, 15) is 4.79 Å². The van der Waals surface area contributed by atoms with Crippen molar-refractivity contribution in [3.63, 3.8) is 0 Å². The number of carbonyl (C=O) groups excluding carboxylic acids is 1. The Hall–Kier alpha value is -2.69. The molecule has 0 aliphatic carbocycles. The molecule has 0 unspecified atom stereocenters. The van der Waals surface area contributed by atoms with Crippen LogP contribution < -0.4 is 19.5 Å². The van der Waals surface area contributed by atoms with Crippen LogP contribution in [0.2, 0.25) is 0 Å². The second-order valence-electron chi connectivity index (χ2n) is 6.63.